The summed E-state index contributed by atoms with van der Waals surface area (Å²) in [5, 5.41) is 11.8. The molecule has 4 rings (SSSR count). The summed E-state index contributed by atoms with van der Waals surface area (Å²) >= 11 is 3.50. The fourth-order valence-electron chi connectivity index (χ4n) is 3.34. The molecule has 1 aromatic carbocycles. The average molecular weight is 400 g/mol. The van der Waals surface area contributed by atoms with Gasteiger partial charge in [-0.3, -0.25) is 9.48 Å². The van der Waals surface area contributed by atoms with E-state index < -0.39 is 0 Å². The molecule has 2 aromatic heterocycles. The molecule has 0 fully saturated rings. The van der Waals surface area contributed by atoms with Gasteiger partial charge in [-0.1, -0.05) is 22.0 Å². The normalized spacial score (nSPS) is 13.1. The maximum Gasteiger partial charge on any atom is 0.277 e. The van der Waals surface area contributed by atoms with Gasteiger partial charge in [0.1, 0.15) is 5.82 Å². The van der Waals surface area contributed by atoms with Crippen molar-refractivity contribution >= 4 is 27.7 Å². The summed E-state index contributed by atoms with van der Waals surface area (Å²) in [7, 11) is 1.81. The van der Waals surface area contributed by atoms with Gasteiger partial charge in [0.15, 0.2) is 5.69 Å². The van der Waals surface area contributed by atoms with Crippen LogP contribution in [0.2, 0.25) is 0 Å². The molecule has 0 atom stereocenters. The molecule has 128 valence electrons. The number of carbonyl (C=O) groups is 1. The predicted octanol–water partition coefficient (Wildman–Crippen LogP) is 3.42. The Bertz CT molecular complexity index is 972. The first-order chi connectivity index (χ1) is 12.0. The van der Waals surface area contributed by atoms with E-state index in [1.165, 1.54) is 0 Å². The van der Waals surface area contributed by atoms with Crippen LogP contribution in [0.1, 0.15) is 33.9 Å². The van der Waals surface area contributed by atoms with Gasteiger partial charge in [-0.25, -0.2) is 4.68 Å². The highest BCUT2D eigenvalue weighted by atomic mass is 79.9. The zero-order valence-corrected chi connectivity index (χ0v) is 15.7. The number of fused-ring (bicyclic) bond motifs is 1. The van der Waals surface area contributed by atoms with E-state index in [9.17, 15) is 4.79 Å². The number of amides is 1. The van der Waals surface area contributed by atoms with Crippen molar-refractivity contribution in [2.75, 3.05) is 5.32 Å². The van der Waals surface area contributed by atoms with Gasteiger partial charge in [0.2, 0.25) is 0 Å². The summed E-state index contributed by atoms with van der Waals surface area (Å²) in [6, 6.07) is 9.82. The van der Waals surface area contributed by atoms with Crippen LogP contribution >= 0.6 is 15.9 Å². The third-order valence-electron chi connectivity index (χ3n) is 4.44. The number of nitrogens with zero attached hydrogens (tertiary/aromatic N) is 4. The lowest BCUT2D eigenvalue weighted by Gasteiger charge is -2.06. The van der Waals surface area contributed by atoms with Crippen LogP contribution in [0, 0.1) is 6.92 Å². The van der Waals surface area contributed by atoms with Crippen molar-refractivity contribution in [1.29, 1.82) is 0 Å². The van der Waals surface area contributed by atoms with Crippen molar-refractivity contribution in [1.82, 2.24) is 19.6 Å². The molecular weight excluding hydrogens is 382 g/mol. The number of nitrogens with one attached hydrogen (secondary N) is 1. The van der Waals surface area contributed by atoms with Crippen LogP contribution in [-0.4, -0.2) is 25.5 Å². The minimum absolute atomic E-state index is 0.185. The van der Waals surface area contributed by atoms with Gasteiger partial charge in [0, 0.05) is 28.8 Å². The number of rotatable bonds is 3. The molecule has 0 saturated heterocycles. The van der Waals surface area contributed by atoms with Gasteiger partial charge in [0.05, 0.1) is 11.4 Å². The molecular formula is C18H18BrN5O. The van der Waals surface area contributed by atoms with Crippen molar-refractivity contribution in [3.05, 3.63) is 57.4 Å². The molecule has 3 aromatic rings. The Balaban J connectivity index is 1.72. The Labute approximate surface area is 154 Å². The monoisotopic (exact) mass is 399 g/mol. The van der Waals surface area contributed by atoms with Gasteiger partial charge in [-0.05, 0) is 44.4 Å². The van der Waals surface area contributed by atoms with Crippen molar-refractivity contribution in [3.63, 3.8) is 0 Å². The molecule has 0 saturated carbocycles. The predicted molar refractivity (Wildman–Crippen MR) is 99.2 cm³/mol. The van der Waals surface area contributed by atoms with E-state index in [-0.39, 0.29) is 5.91 Å². The number of anilines is 1. The number of benzene rings is 1. The lowest BCUT2D eigenvalue weighted by molar-refractivity contribution is 0.102. The smallest absolute Gasteiger partial charge is 0.277 e. The van der Waals surface area contributed by atoms with E-state index in [1.54, 1.807) is 4.68 Å². The molecule has 7 heteroatoms. The number of aromatic nitrogens is 4. The van der Waals surface area contributed by atoms with Crippen molar-refractivity contribution in [3.8, 4) is 5.69 Å². The lowest BCUT2D eigenvalue weighted by atomic mass is 10.2. The summed E-state index contributed by atoms with van der Waals surface area (Å²) in [5.74, 6) is 0.487. The molecule has 1 amide bonds. The van der Waals surface area contributed by atoms with Crippen molar-refractivity contribution in [2.45, 2.75) is 26.2 Å². The first-order valence-corrected chi connectivity index (χ1v) is 9.01. The van der Waals surface area contributed by atoms with Crippen LogP contribution in [0.4, 0.5) is 5.82 Å². The molecule has 0 unspecified atom stereocenters. The Morgan fingerprint density at radius 3 is 2.80 bits per heavy atom. The topological polar surface area (TPSA) is 64.7 Å². The Morgan fingerprint density at radius 1 is 1.24 bits per heavy atom. The lowest BCUT2D eigenvalue weighted by Crippen LogP contribution is -2.17. The summed E-state index contributed by atoms with van der Waals surface area (Å²) in [6.07, 6.45) is 2.87. The third kappa shape index (κ3) is 2.89. The number of hydrogen-bond acceptors (Lipinski definition) is 3. The molecule has 25 heavy (non-hydrogen) atoms. The van der Waals surface area contributed by atoms with Gasteiger partial charge in [0.25, 0.3) is 5.91 Å². The van der Waals surface area contributed by atoms with Crippen LogP contribution in [0.3, 0.4) is 0 Å². The molecule has 2 heterocycles. The second-order valence-corrected chi connectivity index (χ2v) is 7.18. The second-order valence-electron chi connectivity index (χ2n) is 6.27. The minimum Gasteiger partial charge on any atom is -0.305 e. The van der Waals surface area contributed by atoms with Crippen LogP contribution in [0.5, 0.6) is 0 Å². The molecule has 0 radical (unpaired) electrons. The van der Waals surface area contributed by atoms with Crippen LogP contribution in [0.15, 0.2) is 34.8 Å². The van der Waals surface area contributed by atoms with Crippen molar-refractivity contribution in [2.24, 2.45) is 7.05 Å². The number of hydrogen-bond donors (Lipinski definition) is 1. The van der Waals surface area contributed by atoms with E-state index in [0.717, 1.165) is 46.4 Å². The molecule has 1 N–H and O–H groups in total. The molecule has 0 spiro atoms. The minimum atomic E-state index is -0.185. The molecule has 0 bridgehead atoms. The highest BCUT2D eigenvalue weighted by Crippen LogP contribution is 2.29. The standard InChI is InChI=1S/C18H18BrN5O/c1-11-9-16(23(2)21-11)20-18(25)17-14-7-4-8-15(14)24(22-17)13-6-3-5-12(19)10-13/h3,5-6,9-10H,4,7-8H2,1-2H3,(H,20,25). The van der Waals surface area contributed by atoms with E-state index in [2.05, 4.69) is 31.4 Å². The Morgan fingerprint density at radius 2 is 2.08 bits per heavy atom. The third-order valence-corrected chi connectivity index (χ3v) is 4.93. The quantitative estimate of drug-likeness (QED) is 0.733. The maximum atomic E-state index is 12.8. The van der Waals surface area contributed by atoms with Gasteiger partial charge in [-0.2, -0.15) is 10.2 Å². The highest BCUT2D eigenvalue weighted by molar-refractivity contribution is 9.10. The van der Waals surface area contributed by atoms with E-state index in [4.69, 9.17) is 0 Å². The van der Waals surface area contributed by atoms with Gasteiger partial charge >= 0.3 is 0 Å². The Hall–Kier alpha value is -2.41. The fourth-order valence-corrected chi connectivity index (χ4v) is 3.73. The SMILES string of the molecule is Cc1cc(NC(=O)c2nn(-c3cccc(Br)c3)c3c2CCC3)n(C)n1. The zero-order valence-electron chi connectivity index (χ0n) is 14.1. The fraction of sp³-hybridized carbons (Fsp3) is 0.278. The zero-order chi connectivity index (χ0) is 17.6. The summed E-state index contributed by atoms with van der Waals surface area (Å²) in [4.78, 5) is 12.8. The maximum absolute atomic E-state index is 12.8. The summed E-state index contributed by atoms with van der Waals surface area (Å²) in [6.45, 7) is 1.90. The molecule has 1 aliphatic carbocycles. The van der Waals surface area contributed by atoms with Crippen molar-refractivity contribution < 1.29 is 4.79 Å². The van der Waals surface area contributed by atoms with E-state index in [1.807, 2.05) is 49.0 Å². The largest absolute Gasteiger partial charge is 0.305 e. The van der Waals surface area contributed by atoms with Gasteiger partial charge in [-0.15, -0.1) is 0 Å². The number of halogens is 1. The van der Waals surface area contributed by atoms with E-state index >= 15 is 0 Å². The van der Waals surface area contributed by atoms with Crippen LogP contribution in [0.25, 0.3) is 5.69 Å². The molecule has 1 aliphatic rings. The first-order valence-electron chi connectivity index (χ1n) is 8.21. The second kappa shape index (κ2) is 6.15. The Kier molecular flexibility index (Phi) is 3.95. The summed E-state index contributed by atoms with van der Waals surface area (Å²) in [5.41, 5.74) is 4.51. The van der Waals surface area contributed by atoms with Crippen LogP contribution < -0.4 is 5.32 Å². The van der Waals surface area contributed by atoms with Gasteiger partial charge < -0.3 is 5.32 Å². The number of aryl methyl sites for hydroxylation is 2. The first kappa shape index (κ1) is 16.1. The molecule has 6 nitrogen and oxygen atoms in total. The highest BCUT2D eigenvalue weighted by Gasteiger charge is 2.27. The van der Waals surface area contributed by atoms with Crippen LogP contribution in [-0.2, 0) is 19.9 Å². The average Bonchev–Trinajstić information content (AvgIpc) is 3.23. The molecule has 0 aliphatic heterocycles. The number of carbonyl (C=O) groups excluding carboxylic acids is 1. The summed E-state index contributed by atoms with van der Waals surface area (Å²) < 4.78 is 4.55. The van der Waals surface area contributed by atoms with E-state index in [0.29, 0.717) is 11.5 Å².